The van der Waals surface area contributed by atoms with E-state index in [1.165, 1.54) is 0 Å². The Hall–Kier alpha value is -2.27. The molecule has 0 aliphatic heterocycles. The van der Waals surface area contributed by atoms with Gasteiger partial charge in [-0.3, -0.25) is 4.79 Å². The molecule has 0 atom stereocenters. The smallest absolute Gasteiger partial charge is 0.338 e. The number of esters is 2. The second-order valence-corrected chi connectivity index (χ2v) is 5.10. The van der Waals surface area contributed by atoms with Gasteiger partial charge in [-0.25, -0.2) is 4.79 Å². The van der Waals surface area contributed by atoms with Crippen molar-refractivity contribution >= 4 is 24.6 Å². The van der Waals surface area contributed by atoms with Crippen molar-refractivity contribution in [3.8, 4) is 11.1 Å². The molecule has 0 aliphatic rings. The molecule has 0 unspecified atom stereocenters. The Bertz CT molecular complexity index is 683. The first-order valence-corrected chi connectivity index (χ1v) is 7.91. The minimum Gasteiger partial charge on any atom is -0.462 e. The van der Waals surface area contributed by atoms with E-state index in [1.54, 1.807) is 19.1 Å². The highest BCUT2D eigenvalue weighted by Gasteiger charge is 2.15. The highest BCUT2D eigenvalue weighted by atomic mass is 32.1. The van der Waals surface area contributed by atoms with Crippen molar-refractivity contribution in [2.24, 2.45) is 0 Å². The summed E-state index contributed by atoms with van der Waals surface area (Å²) in [7, 11) is 0. The molecule has 4 nitrogen and oxygen atoms in total. The van der Waals surface area contributed by atoms with Crippen LogP contribution in [0.5, 0.6) is 0 Å². The Balaban J connectivity index is 2.36. The summed E-state index contributed by atoms with van der Waals surface area (Å²) in [6, 6.07) is 14.8. The van der Waals surface area contributed by atoms with Crippen molar-refractivity contribution in [3.63, 3.8) is 0 Å². The number of rotatable bonds is 6. The third kappa shape index (κ3) is 4.60. The summed E-state index contributed by atoms with van der Waals surface area (Å²) < 4.78 is 10.2. The summed E-state index contributed by atoms with van der Waals surface area (Å²) in [6.45, 7) is 2.22. The summed E-state index contributed by atoms with van der Waals surface area (Å²) >= 11 is 3.87. The van der Waals surface area contributed by atoms with Crippen LogP contribution in [-0.4, -0.2) is 24.3 Å². The van der Waals surface area contributed by atoms with Gasteiger partial charge in [0.15, 0.2) is 0 Å². The van der Waals surface area contributed by atoms with E-state index in [9.17, 15) is 9.59 Å². The van der Waals surface area contributed by atoms with Crippen LogP contribution in [0.2, 0.25) is 0 Å². The molecule has 2 aromatic carbocycles. The van der Waals surface area contributed by atoms with Crippen LogP contribution in [0.1, 0.15) is 22.8 Å². The van der Waals surface area contributed by atoms with Crippen LogP contribution >= 0.6 is 12.6 Å². The number of carbonyl (C=O) groups excluding carboxylic acids is 2. The molecule has 0 radical (unpaired) electrons. The molecule has 5 heteroatoms. The largest absolute Gasteiger partial charge is 0.462 e. The number of benzene rings is 2. The second-order valence-electron chi connectivity index (χ2n) is 4.79. The average Bonchev–Trinajstić information content (AvgIpc) is 2.60. The molecule has 0 aromatic heterocycles. The molecule has 0 fully saturated rings. The van der Waals surface area contributed by atoms with Crippen LogP contribution in [0.25, 0.3) is 11.1 Å². The standard InChI is InChI=1S/C18H18O4S/c1-2-21-18(20)15-9-8-13(11-22-17(19)12-23)10-16(15)14-6-4-3-5-7-14/h3-10,23H,2,11-12H2,1H3. The molecule has 23 heavy (non-hydrogen) atoms. The Kier molecular flexibility index (Phi) is 6.23. The van der Waals surface area contributed by atoms with Gasteiger partial charge in [-0.05, 0) is 35.7 Å². The van der Waals surface area contributed by atoms with Crippen LogP contribution < -0.4 is 0 Å². The number of hydrogen-bond acceptors (Lipinski definition) is 5. The third-order valence-electron chi connectivity index (χ3n) is 3.19. The van der Waals surface area contributed by atoms with E-state index >= 15 is 0 Å². The van der Waals surface area contributed by atoms with Crippen molar-refractivity contribution in [3.05, 3.63) is 59.7 Å². The lowest BCUT2D eigenvalue weighted by Crippen LogP contribution is -2.08. The summed E-state index contributed by atoms with van der Waals surface area (Å²) in [4.78, 5) is 23.4. The zero-order valence-electron chi connectivity index (χ0n) is 12.8. The van der Waals surface area contributed by atoms with Gasteiger partial charge in [0.2, 0.25) is 0 Å². The molecule has 120 valence electrons. The minimum atomic E-state index is -0.385. The highest BCUT2D eigenvalue weighted by Crippen LogP contribution is 2.26. The van der Waals surface area contributed by atoms with E-state index < -0.39 is 0 Å². The molecule has 0 heterocycles. The van der Waals surface area contributed by atoms with Crippen LogP contribution in [0.4, 0.5) is 0 Å². The first-order valence-electron chi connectivity index (χ1n) is 7.27. The molecular formula is C18H18O4S. The van der Waals surface area contributed by atoms with Gasteiger partial charge in [-0.1, -0.05) is 36.4 Å². The Morgan fingerprint density at radius 1 is 1.04 bits per heavy atom. The summed E-state index contributed by atoms with van der Waals surface area (Å²) in [5.41, 5.74) is 2.94. The van der Waals surface area contributed by atoms with E-state index in [2.05, 4.69) is 12.6 Å². The van der Waals surface area contributed by atoms with Gasteiger partial charge in [0.05, 0.1) is 17.9 Å². The molecule has 0 spiro atoms. The van der Waals surface area contributed by atoms with Crippen LogP contribution in [0.15, 0.2) is 48.5 Å². The maximum atomic E-state index is 12.1. The fourth-order valence-electron chi connectivity index (χ4n) is 2.13. The molecular weight excluding hydrogens is 312 g/mol. The predicted octanol–water partition coefficient (Wildman–Crippen LogP) is 3.50. The number of hydrogen-bond donors (Lipinski definition) is 1. The van der Waals surface area contributed by atoms with E-state index in [0.29, 0.717) is 12.2 Å². The zero-order valence-corrected chi connectivity index (χ0v) is 13.7. The van der Waals surface area contributed by atoms with Gasteiger partial charge >= 0.3 is 11.9 Å². The first-order chi connectivity index (χ1) is 11.2. The average molecular weight is 330 g/mol. The molecule has 0 aliphatic carbocycles. The SMILES string of the molecule is CCOC(=O)c1ccc(COC(=O)CS)cc1-c1ccccc1. The van der Waals surface area contributed by atoms with Gasteiger partial charge in [0, 0.05) is 0 Å². The van der Waals surface area contributed by atoms with Crippen molar-refractivity contribution in [1.82, 2.24) is 0 Å². The quantitative estimate of drug-likeness (QED) is 0.650. The van der Waals surface area contributed by atoms with Gasteiger partial charge in [0.1, 0.15) is 6.61 Å². The molecule has 0 N–H and O–H groups in total. The van der Waals surface area contributed by atoms with Gasteiger partial charge in [0.25, 0.3) is 0 Å². The molecule has 0 saturated carbocycles. The number of thiol groups is 1. The van der Waals surface area contributed by atoms with Crippen molar-refractivity contribution in [1.29, 1.82) is 0 Å². The van der Waals surface area contributed by atoms with Gasteiger partial charge in [-0.2, -0.15) is 12.6 Å². The fraction of sp³-hybridized carbons (Fsp3) is 0.222. The Morgan fingerprint density at radius 2 is 1.78 bits per heavy atom. The van der Waals surface area contributed by atoms with Gasteiger partial charge in [-0.15, -0.1) is 0 Å². The Labute approximate surface area is 140 Å². The molecule has 2 aromatic rings. The van der Waals surface area contributed by atoms with Gasteiger partial charge < -0.3 is 9.47 Å². The monoisotopic (exact) mass is 330 g/mol. The fourth-order valence-corrected chi connectivity index (χ4v) is 2.23. The summed E-state index contributed by atoms with van der Waals surface area (Å²) in [6.07, 6.45) is 0. The van der Waals surface area contributed by atoms with E-state index in [0.717, 1.165) is 16.7 Å². The first kappa shape index (κ1) is 17.1. The lowest BCUT2D eigenvalue weighted by molar-refractivity contribution is -0.141. The molecule has 0 bridgehead atoms. The van der Waals surface area contributed by atoms with Crippen LogP contribution in [0.3, 0.4) is 0 Å². The second kappa shape index (κ2) is 8.39. The third-order valence-corrected chi connectivity index (χ3v) is 3.45. The van der Waals surface area contributed by atoms with Crippen molar-refractivity contribution in [2.45, 2.75) is 13.5 Å². The predicted molar refractivity (Wildman–Crippen MR) is 91.5 cm³/mol. The maximum Gasteiger partial charge on any atom is 0.338 e. The minimum absolute atomic E-state index is 0.0342. The molecule has 2 rings (SSSR count). The van der Waals surface area contributed by atoms with E-state index in [4.69, 9.17) is 9.47 Å². The number of ether oxygens (including phenoxy) is 2. The maximum absolute atomic E-state index is 12.1. The number of carbonyl (C=O) groups is 2. The zero-order chi connectivity index (χ0) is 16.7. The van der Waals surface area contributed by atoms with E-state index in [1.807, 2.05) is 36.4 Å². The normalized spacial score (nSPS) is 10.2. The van der Waals surface area contributed by atoms with E-state index in [-0.39, 0.29) is 24.3 Å². The lowest BCUT2D eigenvalue weighted by Gasteiger charge is -2.12. The summed E-state index contributed by atoms with van der Waals surface area (Å²) in [5, 5.41) is 0. The molecule has 0 saturated heterocycles. The topological polar surface area (TPSA) is 52.6 Å². The molecule has 0 amide bonds. The summed E-state index contributed by atoms with van der Waals surface area (Å²) in [5.74, 6) is -0.721. The van der Waals surface area contributed by atoms with Crippen molar-refractivity contribution in [2.75, 3.05) is 12.4 Å². The Morgan fingerprint density at radius 3 is 2.43 bits per heavy atom. The lowest BCUT2D eigenvalue weighted by atomic mass is 9.97. The van der Waals surface area contributed by atoms with Crippen LogP contribution in [-0.2, 0) is 20.9 Å². The van der Waals surface area contributed by atoms with Crippen molar-refractivity contribution < 1.29 is 19.1 Å². The highest BCUT2D eigenvalue weighted by molar-refractivity contribution is 7.81. The van der Waals surface area contributed by atoms with Crippen LogP contribution in [0, 0.1) is 0 Å².